The fourth-order valence-corrected chi connectivity index (χ4v) is 3.97. The van der Waals surface area contributed by atoms with Gasteiger partial charge in [0.25, 0.3) is 5.91 Å². The summed E-state index contributed by atoms with van der Waals surface area (Å²) in [6.07, 6.45) is 1.30. The van der Waals surface area contributed by atoms with Gasteiger partial charge in [0.15, 0.2) is 5.82 Å². The van der Waals surface area contributed by atoms with Crippen molar-refractivity contribution < 1.29 is 18.0 Å². The number of imidazole rings is 1. The average molecular weight is 498 g/mol. The van der Waals surface area contributed by atoms with Gasteiger partial charge < -0.3 is 14.8 Å². The van der Waals surface area contributed by atoms with Crippen LogP contribution in [-0.4, -0.2) is 56.1 Å². The lowest BCUT2D eigenvalue weighted by atomic mass is 10.2. The van der Waals surface area contributed by atoms with Crippen LogP contribution in [0.25, 0.3) is 11.4 Å². The zero-order chi connectivity index (χ0) is 25.6. The molecular weight excluding hydrogens is 477 g/mol. The highest BCUT2D eigenvalue weighted by Crippen LogP contribution is 2.29. The van der Waals surface area contributed by atoms with Gasteiger partial charge in [-0.1, -0.05) is 0 Å². The van der Waals surface area contributed by atoms with Crippen LogP contribution in [0.2, 0.25) is 0 Å². The van der Waals surface area contributed by atoms with Gasteiger partial charge in [-0.05, 0) is 25.5 Å². The average Bonchev–Trinajstić information content (AvgIpc) is 3.43. The number of alkyl halides is 3. The van der Waals surface area contributed by atoms with Crippen molar-refractivity contribution in [3.8, 4) is 11.4 Å². The Hall–Kier alpha value is -4.36. The van der Waals surface area contributed by atoms with Crippen molar-refractivity contribution in [1.82, 2.24) is 44.2 Å². The zero-order valence-corrected chi connectivity index (χ0v) is 19.5. The van der Waals surface area contributed by atoms with E-state index in [2.05, 4.69) is 35.3 Å². The third-order valence-electron chi connectivity index (χ3n) is 5.84. The largest absolute Gasteiger partial charge is 0.433 e. The first-order valence-electron chi connectivity index (χ1n) is 11.0. The maximum absolute atomic E-state index is 13.3. The van der Waals surface area contributed by atoms with E-state index in [0.29, 0.717) is 29.7 Å². The van der Waals surface area contributed by atoms with E-state index in [0.717, 1.165) is 18.0 Å². The second-order valence-corrected chi connectivity index (χ2v) is 8.47. The third kappa shape index (κ3) is 4.36. The Balaban J connectivity index is 1.42. The number of anilines is 2. The molecule has 0 aromatic carbocycles. The van der Waals surface area contributed by atoms with Crippen LogP contribution in [0.1, 0.15) is 34.5 Å². The standard InChI is InChI=1S/C22H21F3N10O/c1-12-7-26-21(31-17-4-5-29-33(17)3)32-18(12)15-10-34-8-13(2)35(20(36)19(34)30-15)9-14-6-16(22(23,24)25)28-11-27-14/h4-7,10-11,13H,8-9H2,1-3H3,(H,26,31,32). The molecule has 0 saturated heterocycles. The van der Waals surface area contributed by atoms with Gasteiger partial charge in [-0.15, -0.1) is 0 Å². The number of fused-ring (bicyclic) bond motifs is 1. The van der Waals surface area contributed by atoms with Crippen molar-refractivity contribution in [3.63, 3.8) is 0 Å². The number of hydrogen-bond donors (Lipinski definition) is 1. The fraction of sp³-hybridized carbons (Fsp3) is 0.318. The molecule has 1 aliphatic heterocycles. The third-order valence-corrected chi connectivity index (χ3v) is 5.84. The maximum Gasteiger partial charge on any atom is 0.433 e. The summed E-state index contributed by atoms with van der Waals surface area (Å²) >= 11 is 0. The second kappa shape index (κ2) is 8.70. The van der Waals surface area contributed by atoms with E-state index in [1.54, 1.807) is 41.0 Å². The van der Waals surface area contributed by atoms with E-state index < -0.39 is 17.8 Å². The number of nitrogens with one attached hydrogen (secondary N) is 1. The quantitative estimate of drug-likeness (QED) is 0.446. The van der Waals surface area contributed by atoms with E-state index in [1.165, 1.54) is 4.90 Å². The maximum atomic E-state index is 13.3. The molecule has 1 aliphatic rings. The van der Waals surface area contributed by atoms with Crippen LogP contribution in [0, 0.1) is 6.92 Å². The predicted octanol–water partition coefficient (Wildman–Crippen LogP) is 2.98. The number of aryl methyl sites for hydroxylation is 2. The molecule has 0 fully saturated rings. The van der Waals surface area contributed by atoms with Crippen LogP contribution in [-0.2, 0) is 26.3 Å². The fourth-order valence-electron chi connectivity index (χ4n) is 3.97. The number of hydrogen-bond acceptors (Lipinski definition) is 8. The number of carbonyl (C=O) groups is 1. The zero-order valence-electron chi connectivity index (χ0n) is 19.5. The summed E-state index contributed by atoms with van der Waals surface area (Å²) in [6.45, 7) is 3.97. The van der Waals surface area contributed by atoms with Gasteiger partial charge in [0, 0.05) is 38.1 Å². The molecule has 1 amide bonds. The van der Waals surface area contributed by atoms with Crippen molar-refractivity contribution in [3.05, 3.63) is 59.8 Å². The van der Waals surface area contributed by atoms with Gasteiger partial charge in [-0.2, -0.15) is 18.3 Å². The molecule has 0 saturated carbocycles. The lowest BCUT2D eigenvalue weighted by Gasteiger charge is -2.33. The highest BCUT2D eigenvalue weighted by molar-refractivity contribution is 5.92. The number of carbonyl (C=O) groups excluding carboxylic acids is 1. The van der Waals surface area contributed by atoms with Crippen LogP contribution in [0.4, 0.5) is 24.9 Å². The Morgan fingerprint density at radius 2 is 2.00 bits per heavy atom. The van der Waals surface area contributed by atoms with Crippen LogP contribution in [0.15, 0.2) is 37.1 Å². The van der Waals surface area contributed by atoms with Crippen molar-refractivity contribution in [2.24, 2.45) is 7.05 Å². The summed E-state index contributed by atoms with van der Waals surface area (Å²) < 4.78 is 42.5. The van der Waals surface area contributed by atoms with E-state index in [4.69, 9.17) is 0 Å². The molecule has 4 aromatic heterocycles. The molecule has 14 heteroatoms. The molecule has 1 unspecified atom stereocenters. The monoisotopic (exact) mass is 498 g/mol. The van der Waals surface area contributed by atoms with Gasteiger partial charge in [0.1, 0.15) is 23.5 Å². The number of nitrogens with zero attached hydrogens (tertiary/aromatic N) is 9. The molecule has 0 bridgehead atoms. The minimum absolute atomic E-state index is 0.0929. The molecule has 5 heterocycles. The van der Waals surface area contributed by atoms with Crippen LogP contribution >= 0.6 is 0 Å². The van der Waals surface area contributed by atoms with E-state index in [9.17, 15) is 18.0 Å². The van der Waals surface area contributed by atoms with Crippen molar-refractivity contribution in [2.75, 3.05) is 5.32 Å². The van der Waals surface area contributed by atoms with Crippen LogP contribution in [0.5, 0.6) is 0 Å². The lowest BCUT2D eigenvalue weighted by Crippen LogP contribution is -2.46. The molecule has 1 atom stereocenters. The van der Waals surface area contributed by atoms with E-state index in [-0.39, 0.29) is 24.1 Å². The first-order valence-corrected chi connectivity index (χ1v) is 11.0. The molecule has 1 N–H and O–H groups in total. The first-order chi connectivity index (χ1) is 17.1. The summed E-state index contributed by atoms with van der Waals surface area (Å²) in [4.78, 5) is 35.3. The molecule has 11 nitrogen and oxygen atoms in total. The van der Waals surface area contributed by atoms with E-state index in [1.807, 2.05) is 13.8 Å². The van der Waals surface area contributed by atoms with E-state index >= 15 is 0 Å². The summed E-state index contributed by atoms with van der Waals surface area (Å²) in [5, 5.41) is 7.19. The summed E-state index contributed by atoms with van der Waals surface area (Å²) in [5.74, 6) is 0.808. The number of aromatic nitrogens is 8. The lowest BCUT2D eigenvalue weighted by molar-refractivity contribution is -0.141. The topological polar surface area (TPSA) is 120 Å². The van der Waals surface area contributed by atoms with Crippen LogP contribution in [0.3, 0.4) is 0 Å². The van der Waals surface area contributed by atoms with Crippen LogP contribution < -0.4 is 5.32 Å². The van der Waals surface area contributed by atoms with Gasteiger partial charge in [-0.3, -0.25) is 9.48 Å². The second-order valence-electron chi connectivity index (χ2n) is 8.47. The minimum Gasteiger partial charge on any atom is -0.326 e. The van der Waals surface area contributed by atoms with Gasteiger partial charge in [-0.25, -0.2) is 24.9 Å². The number of amides is 1. The molecule has 0 spiro atoms. The molecule has 0 aliphatic carbocycles. The molecule has 5 rings (SSSR count). The summed E-state index contributed by atoms with van der Waals surface area (Å²) in [6, 6.07) is 2.33. The Morgan fingerprint density at radius 1 is 1.19 bits per heavy atom. The van der Waals surface area contributed by atoms with Gasteiger partial charge in [0.05, 0.1) is 24.1 Å². The first kappa shape index (κ1) is 23.4. The Labute approximate surface area is 203 Å². The van der Waals surface area contributed by atoms with Crippen molar-refractivity contribution in [2.45, 2.75) is 39.2 Å². The van der Waals surface area contributed by atoms with Gasteiger partial charge in [0.2, 0.25) is 5.95 Å². The van der Waals surface area contributed by atoms with Crippen molar-refractivity contribution >= 4 is 17.7 Å². The molecule has 36 heavy (non-hydrogen) atoms. The number of rotatable bonds is 5. The minimum atomic E-state index is -4.60. The highest BCUT2D eigenvalue weighted by Gasteiger charge is 2.35. The predicted molar refractivity (Wildman–Crippen MR) is 121 cm³/mol. The highest BCUT2D eigenvalue weighted by atomic mass is 19.4. The Kier molecular flexibility index (Phi) is 5.65. The Bertz CT molecular complexity index is 1440. The molecule has 4 aromatic rings. The molecule has 0 radical (unpaired) electrons. The summed E-state index contributed by atoms with van der Waals surface area (Å²) in [7, 11) is 1.78. The van der Waals surface area contributed by atoms with Gasteiger partial charge >= 0.3 is 6.18 Å². The number of halogens is 3. The Morgan fingerprint density at radius 3 is 2.72 bits per heavy atom. The SMILES string of the molecule is Cc1cnc(Nc2ccnn2C)nc1-c1cn2c(n1)C(=O)N(Cc1cc(C(F)(F)F)ncn1)C(C)C2. The smallest absolute Gasteiger partial charge is 0.326 e. The van der Waals surface area contributed by atoms with Crippen molar-refractivity contribution in [1.29, 1.82) is 0 Å². The molecular formula is C22H21F3N10O. The molecule has 186 valence electrons. The normalized spacial score (nSPS) is 15.8. The summed E-state index contributed by atoms with van der Waals surface area (Å²) in [5.41, 5.74) is 0.841.